The monoisotopic (exact) mass is 287 g/mol. The fourth-order valence-corrected chi connectivity index (χ4v) is 3.08. The average Bonchev–Trinajstić information content (AvgIpc) is 3.12. The van der Waals surface area contributed by atoms with E-state index in [2.05, 4.69) is 43.3 Å². The molecule has 0 amide bonds. The summed E-state index contributed by atoms with van der Waals surface area (Å²) in [5, 5.41) is 4.50. The van der Waals surface area contributed by atoms with Crippen molar-refractivity contribution in [2.45, 2.75) is 19.3 Å². The molecule has 2 heterocycles. The average molecular weight is 287 g/mol. The first kappa shape index (κ1) is 13.0. The van der Waals surface area contributed by atoms with Gasteiger partial charge in [-0.3, -0.25) is 4.99 Å². The summed E-state index contributed by atoms with van der Waals surface area (Å²) in [6, 6.07) is 18.5. The number of nitrogens with zero attached hydrogens (tertiary/aromatic N) is 3. The van der Waals surface area contributed by atoms with Crippen molar-refractivity contribution in [2.75, 3.05) is 0 Å². The van der Waals surface area contributed by atoms with E-state index in [1.807, 2.05) is 47.3 Å². The highest BCUT2D eigenvalue weighted by atomic mass is 15.3. The summed E-state index contributed by atoms with van der Waals surface area (Å²) in [5.74, 6) is 0. The molecular weight excluding hydrogens is 270 g/mol. The molecule has 0 bridgehead atoms. The second kappa shape index (κ2) is 4.67. The maximum atomic E-state index is 4.84. The Bertz CT molecular complexity index is 857. The number of aliphatic imine (C=N–C) groups is 1. The summed E-state index contributed by atoms with van der Waals surface area (Å²) in [6.45, 7) is 4.44. The van der Waals surface area contributed by atoms with E-state index in [0.29, 0.717) is 0 Å². The van der Waals surface area contributed by atoms with Crippen molar-refractivity contribution >= 4 is 11.4 Å². The third-order valence-corrected chi connectivity index (χ3v) is 4.28. The summed E-state index contributed by atoms with van der Waals surface area (Å²) in [6.07, 6.45) is 3.96. The number of aromatic nitrogens is 2. The highest BCUT2D eigenvalue weighted by molar-refractivity contribution is 6.12. The Kier molecular flexibility index (Phi) is 2.76. The number of para-hydroxylation sites is 2. The molecule has 0 saturated carbocycles. The summed E-state index contributed by atoms with van der Waals surface area (Å²) < 4.78 is 1.90. The van der Waals surface area contributed by atoms with Crippen molar-refractivity contribution < 1.29 is 0 Å². The maximum absolute atomic E-state index is 4.84. The summed E-state index contributed by atoms with van der Waals surface area (Å²) in [7, 11) is 0. The van der Waals surface area contributed by atoms with Gasteiger partial charge in [0.05, 0.1) is 23.3 Å². The molecular formula is C19H17N3. The van der Waals surface area contributed by atoms with Gasteiger partial charge in [-0.15, -0.1) is 0 Å². The number of benzene rings is 2. The van der Waals surface area contributed by atoms with Crippen LogP contribution in [0.25, 0.3) is 5.69 Å². The van der Waals surface area contributed by atoms with Gasteiger partial charge in [-0.1, -0.05) is 50.2 Å². The second-order valence-electron chi connectivity index (χ2n) is 6.11. The number of rotatable bonds is 2. The number of hydrogen-bond donors (Lipinski definition) is 0. The van der Waals surface area contributed by atoms with Gasteiger partial charge >= 0.3 is 0 Å². The Morgan fingerprint density at radius 1 is 0.909 bits per heavy atom. The molecule has 0 aliphatic carbocycles. The van der Waals surface area contributed by atoms with Gasteiger partial charge in [0, 0.05) is 17.2 Å². The van der Waals surface area contributed by atoms with Crippen LogP contribution in [0.2, 0.25) is 0 Å². The van der Waals surface area contributed by atoms with Crippen molar-refractivity contribution in [2.24, 2.45) is 4.99 Å². The molecule has 3 heteroatoms. The minimum absolute atomic E-state index is 0.0961. The largest absolute Gasteiger partial charge is 0.251 e. The van der Waals surface area contributed by atoms with Gasteiger partial charge in [0.2, 0.25) is 0 Å². The molecule has 1 aliphatic heterocycles. The molecule has 0 N–H and O–H groups in total. The Morgan fingerprint density at radius 2 is 1.64 bits per heavy atom. The Morgan fingerprint density at radius 3 is 2.41 bits per heavy atom. The molecule has 0 radical (unpaired) electrons. The van der Waals surface area contributed by atoms with Crippen LogP contribution in [0.4, 0.5) is 5.69 Å². The molecule has 1 aromatic heterocycles. The smallest absolute Gasteiger partial charge is 0.0675 e. The quantitative estimate of drug-likeness (QED) is 0.691. The molecule has 0 atom stereocenters. The zero-order valence-electron chi connectivity index (χ0n) is 12.7. The topological polar surface area (TPSA) is 30.2 Å². The van der Waals surface area contributed by atoms with Crippen molar-refractivity contribution in [3.05, 3.63) is 78.1 Å². The summed E-state index contributed by atoms with van der Waals surface area (Å²) >= 11 is 0. The van der Waals surface area contributed by atoms with E-state index in [1.54, 1.807) is 0 Å². The van der Waals surface area contributed by atoms with E-state index >= 15 is 0 Å². The maximum Gasteiger partial charge on any atom is 0.0675 e. The predicted octanol–water partition coefficient (Wildman–Crippen LogP) is 4.28. The van der Waals surface area contributed by atoms with E-state index in [9.17, 15) is 0 Å². The van der Waals surface area contributed by atoms with Gasteiger partial charge in [-0.05, 0) is 23.8 Å². The van der Waals surface area contributed by atoms with Gasteiger partial charge in [0.25, 0.3) is 0 Å². The van der Waals surface area contributed by atoms with E-state index in [-0.39, 0.29) is 5.41 Å². The lowest BCUT2D eigenvalue weighted by atomic mass is 9.80. The van der Waals surface area contributed by atoms with Crippen LogP contribution >= 0.6 is 0 Å². The highest BCUT2D eigenvalue weighted by Crippen LogP contribution is 2.41. The highest BCUT2D eigenvalue weighted by Gasteiger charge is 2.35. The molecule has 108 valence electrons. The lowest BCUT2D eigenvalue weighted by Crippen LogP contribution is -2.26. The molecule has 0 spiro atoms. The first-order valence-electron chi connectivity index (χ1n) is 7.45. The van der Waals surface area contributed by atoms with Crippen molar-refractivity contribution in [3.8, 4) is 5.69 Å². The molecule has 0 saturated heterocycles. The van der Waals surface area contributed by atoms with Crippen LogP contribution in [0.1, 0.15) is 25.0 Å². The van der Waals surface area contributed by atoms with Crippen LogP contribution in [0, 0.1) is 0 Å². The van der Waals surface area contributed by atoms with Crippen LogP contribution < -0.4 is 0 Å². The van der Waals surface area contributed by atoms with E-state index in [0.717, 1.165) is 22.6 Å². The molecule has 0 fully saturated rings. The molecule has 1 aliphatic rings. The summed E-state index contributed by atoms with van der Waals surface area (Å²) in [5.41, 5.74) is 5.46. The van der Waals surface area contributed by atoms with E-state index in [1.165, 1.54) is 5.56 Å². The van der Waals surface area contributed by atoms with Gasteiger partial charge < -0.3 is 0 Å². The van der Waals surface area contributed by atoms with Crippen LogP contribution in [0.5, 0.6) is 0 Å². The lowest BCUT2D eigenvalue weighted by Gasteiger charge is -2.21. The minimum Gasteiger partial charge on any atom is -0.251 e. The zero-order chi connectivity index (χ0) is 15.2. The van der Waals surface area contributed by atoms with E-state index in [4.69, 9.17) is 4.99 Å². The fourth-order valence-electron chi connectivity index (χ4n) is 3.08. The van der Waals surface area contributed by atoms with Crippen molar-refractivity contribution in [1.29, 1.82) is 0 Å². The van der Waals surface area contributed by atoms with Crippen LogP contribution in [-0.2, 0) is 5.41 Å². The Labute approximate surface area is 130 Å². The zero-order valence-corrected chi connectivity index (χ0v) is 12.7. The standard InChI is InChI=1S/C19H17N3/c1-19(2)16-10-6-7-11-17(16)21-18(19)14-12-20-22(13-14)15-8-4-3-5-9-15/h3-13H,1-2H3. The SMILES string of the molecule is CC1(C)C(c2cnn(-c3ccccc3)c2)=Nc2ccccc21. The second-order valence-corrected chi connectivity index (χ2v) is 6.11. The normalized spacial score (nSPS) is 15.5. The molecule has 2 aromatic carbocycles. The third kappa shape index (κ3) is 1.90. The Balaban J connectivity index is 1.77. The van der Waals surface area contributed by atoms with Crippen molar-refractivity contribution in [3.63, 3.8) is 0 Å². The molecule has 3 nitrogen and oxygen atoms in total. The summed E-state index contributed by atoms with van der Waals surface area (Å²) in [4.78, 5) is 4.84. The van der Waals surface area contributed by atoms with Crippen LogP contribution in [-0.4, -0.2) is 15.5 Å². The molecule has 0 unspecified atom stereocenters. The van der Waals surface area contributed by atoms with Gasteiger partial charge in [-0.2, -0.15) is 5.10 Å². The van der Waals surface area contributed by atoms with Gasteiger partial charge in [0.15, 0.2) is 0 Å². The van der Waals surface area contributed by atoms with Gasteiger partial charge in [-0.25, -0.2) is 4.68 Å². The van der Waals surface area contributed by atoms with Crippen molar-refractivity contribution in [1.82, 2.24) is 9.78 Å². The predicted molar refractivity (Wildman–Crippen MR) is 89.2 cm³/mol. The Hall–Kier alpha value is -2.68. The van der Waals surface area contributed by atoms with E-state index < -0.39 is 0 Å². The number of hydrogen-bond acceptors (Lipinski definition) is 2. The van der Waals surface area contributed by atoms with Crippen LogP contribution in [0.3, 0.4) is 0 Å². The van der Waals surface area contributed by atoms with Gasteiger partial charge in [0.1, 0.15) is 0 Å². The molecule has 4 rings (SSSR count). The van der Waals surface area contributed by atoms with Crippen LogP contribution in [0.15, 0.2) is 72.0 Å². The third-order valence-electron chi connectivity index (χ3n) is 4.28. The lowest BCUT2D eigenvalue weighted by molar-refractivity contribution is 0.737. The fraction of sp³-hybridized carbons (Fsp3) is 0.158. The molecule has 22 heavy (non-hydrogen) atoms. The minimum atomic E-state index is -0.0961. The molecule has 3 aromatic rings. The first-order chi connectivity index (χ1) is 10.7. The first-order valence-corrected chi connectivity index (χ1v) is 7.45. The number of fused-ring (bicyclic) bond motifs is 1.